The van der Waals surface area contributed by atoms with E-state index >= 15 is 0 Å². The Morgan fingerprint density at radius 3 is 2.53 bits per heavy atom. The van der Waals surface area contributed by atoms with Gasteiger partial charge in [0, 0.05) is 12.0 Å². The molecule has 5 nitrogen and oxygen atoms in total. The van der Waals surface area contributed by atoms with Gasteiger partial charge < -0.3 is 14.4 Å². The van der Waals surface area contributed by atoms with Crippen LogP contribution in [0, 0.1) is 0 Å². The van der Waals surface area contributed by atoms with Crippen molar-refractivity contribution in [3.8, 4) is 10.4 Å². The SMILES string of the molecule is CCOP(=O)(Cc1ccc(C(=S)Nc2nc3c(s2)-c2ccccc2C3)cc1)OCC. The van der Waals surface area contributed by atoms with Crippen molar-refractivity contribution in [3.63, 3.8) is 0 Å². The van der Waals surface area contributed by atoms with Crippen LogP contribution >= 0.6 is 31.2 Å². The molecule has 1 aromatic heterocycles. The number of anilines is 1. The summed E-state index contributed by atoms with van der Waals surface area (Å²) in [5.74, 6) is 0. The summed E-state index contributed by atoms with van der Waals surface area (Å²) >= 11 is 7.20. The molecule has 1 N–H and O–H groups in total. The minimum atomic E-state index is -3.12. The molecular formula is C22H23N2O3PS2. The van der Waals surface area contributed by atoms with E-state index in [4.69, 9.17) is 26.2 Å². The molecule has 2 aromatic carbocycles. The van der Waals surface area contributed by atoms with Crippen molar-refractivity contribution in [2.45, 2.75) is 26.4 Å². The molecule has 1 aliphatic carbocycles. The first-order valence-electron chi connectivity index (χ1n) is 9.87. The van der Waals surface area contributed by atoms with E-state index in [1.54, 1.807) is 11.3 Å². The van der Waals surface area contributed by atoms with Crippen molar-refractivity contribution in [1.82, 2.24) is 4.98 Å². The van der Waals surface area contributed by atoms with Crippen LogP contribution in [0.3, 0.4) is 0 Å². The lowest BCUT2D eigenvalue weighted by atomic mass is 10.1. The van der Waals surface area contributed by atoms with Crippen molar-refractivity contribution in [2.24, 2.45) is 0 Å². The molecule has 0 radical (unpaired) electrons. The maximum absolute atomic E-state index is 12.7. The van der Waals surface area contributed by atoms with Crippen molar-refractivity contribution in [1.29, 1.82) is 0 Å². The van der Waals surface area contributed by atoms with Crippen LogP contribution in [0.2, 0.25) is 0 Å². The fourth-order valence-corrected chi connectivity index (χ4v) is 6.53. The highest BCUT2D eigenvalue weighted by atomic mass is 32.1. The first-order valence-corrected chi connectivity index (χ1v) is 12.8. The molecule has 0 aliphatic heterocycles. The van der Waals surface area contributed by atoms with Crippen molar-refractivity contribution in [2.75, 3.05) is 18.5 Å². The van der Waals surface area contributed by atoms with Gasteiger partial charge >= 0.3 is 7.60 Å². The monoisotopic (exact) mass is 458 g/mol. The zero-order valence-electron chi connectivity index (χ0n) is 16.9. The van der Waals surface area contributed by atoms with E-state index in [1.807, 2.05) is 38.1 Å². The van der Waals surface area contributed by atoms with Gasteiger partial charge in [-0.15, -0.1) is 0 Å². The lowest BCUT2D eigenvalue weighted by Gasteiger charge is -2.17. The Bertz CT molecular complexity index is 1100. The van der Waals surface area contributed by atoms with Gasteiger partial charge in [-0.3, -0.25) is 4.57 Å². The predicted octanol–water partition coefficient (Wildman–Crippen LogP) is 6.27. The summed E-state index contributed by atoms with van der Waals surface area (Å²) in [6.45, 7) is 4.33. The van der Waals surface area contributed by atoms with E-state index in [2.05, 4.69) is 29.6 Å². The lowest BCUT2D eigenvalue weighted by Crippen LogP contribution is -2.10. The molecule has 1 heterocycles. The van der Waals surface area contributed by atoms with Gasteiger partial charge in [0.25, 0.3) is 0 Å². The van der Waals surface area contributed by atoms with Gasteiger partial charge in [0.15, 0.2) is 5.13 Å². The summed E-state index contributed by atoms with van der Waals surface area (Å²) in [5, 5.41) is 4.07. The van der Waals surface area contributed by atoms with E-state index in [9.17, 15) is 4.57 Å². The molecule has 0 unspecified atom stereocenters. The summed E-state index contributed by atoms with van der Waals surface area (Å²) < 4.78 is 23.5. The minimum Gasteiger partial charge on any atom is -0.322 e. The zero-order chi connectivity index (χ0) is 21.1. The third-order valence-electron chi connectivity index (χ3n) is 4.78. The average Bonchev–Trinajstić information content (AvgIpc) is 3.26. The van der Waals surface area contributed by atoms with Crippen molar-refractivity contribution in [3.05, 3.63) is 70.9 Å². The van der Waals surface area contributed by atoms with Crippen LogP contribution in [-0.2, 0) is 26.2 Å². The second kappa shape index (κ2) is 9.08. The van der Waals surface area contributed by atoms with E-state index in [0.717, 1.165) is 28.4 Å². The predicted molar refractivity (Wildman–Crippen MR) is 127 cm³/mol. The molecule has 0 saturated carbocycles. The highest BCUT2D eigenvalue weighted by Gasteiger charge is 2.25. The molecule has 0 saturated heterocycles. The minimum absolute atomic E-state index is 0.244. The van der Waals surface area contributed by atoms with E-state index in [-0.39, 0.29) is 6.16 Å². The molecule has 4 rings (SSSR count). The van der Waals surface area contributed by atoms with Crippen LogP contribution in [0.4, 0.5) is 5.13 Å². The number of rotatable bonds is 8. The van der Waals surface area contributed by atoms with Gasteiger partial charge in [-0.1, -0.05) is 72.1 Å². The normalized spacial score (nSPS) is 12.5. The van der Waals surface area contributed by atoms with Crippen molar-refractivity contribution >= 4 is 41.3 Å². The van der Waals surface area contributed by atoms with Crippen LogP contribution < -0.4 is 5.32 Å². The lowest BCUT2D eigenvalue weighted by molar-refractivity contribution is 0.219. The Labute approximate surface area is 186 Å². The molecule has 0 fully saturated rings. The number of thiazole rings is 1. The quantitative estimate of drug-likeness (QED) is 0.248. The standard InChI is InChI=1S/C22H23N2O3PS2/c1-3-26-28(25,27-4-2)14-15-9-11-16(12-10-15)21(29)24-22-23-19-13-17-7-5-6-8-18(17)20(19)30-22/h5-12H,3-4,13-14H2,1-2H3,(H,23,24,29). The van der Waals surface area contributed by atoms with Crippen LogP contribution in [-0.4, -0.2) is 23.2 Å². The number of nitrogens with zero attached hydrogens (tertiary/aromatic N) is 1. The number of aromatic nitrogens is 1. The first kappa shape index (κ1) is 21.3. The second-order valence-electron chi connectivity index (χ2n) is 6.88. The zero-order valence-corrected chi connectivity index (χ0v) is 19.4. The number of hydrogen-bond donors (Lipinski definition) is 1. The Hall–Kier alpha value is -1.89. The van der Waals surface area contributed by atoms with E-state index in [0.29, 0.717) is 18.2 Å². The van der Waals surface area contributed by atoms with Crippen LogP contribution in [0.1, 0.15) is 36.2 Å². The highest BCUT2D eigenvalue weighted by Crippen LogP contribution is 2.51. The summed E-state index contributed by atoms with van der Waals surface area (Å²) in [4.78, 5) is 6.56. The second-order valence-corrected chi connectivity index (χ2v) is 10.3. The number of nitrogens with one attached hydrogen (secondary N) is 1. The van der Waals surface area contributed by atoms with Crippen LogP contribution in [0.25, 0.3) is 10.4 Å². The maximum atomic E-state index is 12.7. The van der Waals surface area contributed by atoms with Crippen molar-refractivity contribution < 1.29 is 13.6 Å². The van der Waals surface area contributed by atoms with Gasteiger partial charge in [-0.2, -0.15) is 0 Å². The fraction of sp³-hybridized carbons (Fsp3) is 0.273. The summed E-state index contributed by atoms with van der Waals surface area (Å²) in [5.41, 5.74) is 5.46. The molecule has 3 aromatic rings. The number of hydrogen-bond acceptors (Lipinski definition) is 6. The van der Waals surface area contributed by atoms with E-state index < -0.39 is 7.60 Å². The number of fused-ring (bicyclic) bond motifs is 3. The summed E-state index contributed by atoms with van der Waals surface area (Å²) in [6, 6.07) is 16.1. The molecule has 0 atom stereocenters. The maximum Gasteiger partial charge on any atom is 0.335 e. The third kappa shape index (κ3) is 4.56. The molecule has 0 spiro atoms. The molecule has 0 amide bonds. The molecule has 156 valence electrons. The molecule has 1 aliphatic rings. The van der Waals surface area contributed by atoms with Gasteiger partial charge in [-0.25, -0.2) is 4.98 Å². The van der Waals surface area contributed by atoms with Gasteiger partial charge in [0.05, 0.1) is 29.9 Å². The highest BCUT2D eigenvalue weighted by molar-refractivity contribution is 7.81. The summed E-state index contributed by atoms with van der Waals surface area (Å²) in [6.07, 6.45) is 1.11. The smallest absolute Gasteiger partial charge is 0.322 e. The largest absolute Gasteiger partial charge is 0.335 e. The topological polar surface area (TPSA) is 60.5 Å². The van der Waals surface area contributed by atoms with Crippen LogP contribution in [0.5, 0.6) is 0 Å². The van der Waals surface area contributed by atoms with E-state index in [1.165, 1.54) is 16.0 Å². The van der Waals surface area contributed by atoms with Gasteiger partial charge in [-0.05, 0) is 30.5 Å². The Balaban J connectivity index is 1.44. The number of thiocarbonyl (C=S) groups is 1. The van der Waals surface area contributed by atoms with Gasteiger partial charge in [0.2, 0.25) is 0 Å². The number of benzene rings is 2. The molecule has 8 heteroatoms. The Morgan fingerprint density at radius 2 is 1.83 bits per heavy atom. The summed E-state index contributed by atoms with van der Waals surface area (Å²) in [7, 11) is -3.12. The van der Waals surface area contributed by atoms with Crippen LogP contribution in [0.15, 0.2) is 48.5 Å². The third-order valence-corrected chi connectivity index (χ3v) is 8.22. The molecular weight excluding hydrogens is 435 g/mol. The Morgan fingerprint density at radius 1 is 1.13 bits per heavy atom. The van der Waals surface area contributed by atoms with Gasteiger partial charge in [0.1, 0.15) is 4.99 Å². The fourth-order valence-electron chi connectivity index (χ4n) is 3.49. The Kier molecular flexibility index (Phi) is 6.46. The molecule has 30 heavy (non-hydrogen) atoms. The molecule has 0 bridgehead atoms. The first-order chi connectivity index (χ1) is 14.5. The average molecular weight is 459 g/mol.